The van der Waals surface area contributed by atoms with Crippen LogP contribution >= 0.6 is 22.7 Å². The molecule has 9 aromatic rings. The summed E-state index contributed by atoms with van der Waals surface area (Å²) in [6.07, 6.45) is 9.45. The fraction of sp³-hybridized carbons (Fsp3) is 0.286. The lowest BCUT2D eigenvalue weighted by Gasteiger charge is -2.16. The molecular formula is C56H58N14O7S2. The number of anilines is 4. The number of thiazole rings is 2. The first-order valence-electron chi connectivity index (χ1n) is 25.8. The lowest BCUT2D eigenvalue weighted by Crippen LogP contribution is -2.31. The second-order valence-corrected chi connectivity index (χ2v) is 21.3. The average molecular weight is 1100 g/mol. The zero-order valence-corrected chi connectivity index (χ0v) is 45.7. The number of pyridine rings is 2. The molecule has 2 fully saturated rings. The molecule has 6 aromatic heterocycles. The van der Waals surface area contributed by atoms with E-state index in [9.17, 15) is 19.2 Å². The highest BCUT2D eigenvalue weighted by Gasteiger charge is 2.29. The van der Waals surface area contributed by atoms with Gasteiger partial charge in [0.05, 0.1) is 13.7 Å². The summed E-state index contributed by atoms with van der Waals surface area (Å²) in [4.78, 5) is 72.7. The summed E-state index contributed by atoms with van der Waals surface area (Å²) >= 11 is 2.85. The third kappa shape index (κ3) is 12.7. The number of carbonyl (C=O) groups excluding carboxylic acids is 4. The molecule has 2 aliphatic rings. The Hall–Kier alpha value is -8.96. The average Bonchev–Trinajstić information content (AvgIpc) is 4.50. The molecule has 2 atom stereocenters. The van der Waals surface area contributed by atoms with Gasteiger partial charge in [-0.3, -0.25) is 34.9 Å². The van der Waals surface area contributed by atoms with Gasteiger partial charge in [-0.2, -0.15) is 10.2 Å². The van der Waals surface area contributed by atoms with Gasteiger partial charge in [0, 0.05) is 109 Å². The third-order valence-corrected chi connectivity index (χ3v) is 14.9. The Morgan fingerprint density at radius 2 is 1.14 bits per heavy atom. The molecule has 8 heterocycles. The Labute approximate surface area is 462 Å². The topological polar surface area (TPSA) is 249 Å². The van der Waals surface area contributed by atoms with E-state index in [-0.39, 0.29) is 35.7 Å². The first-order chi connectivity index (χ1) is 38.4. The summed E-state index contributed by atoms with van der Waals surface area (Å²) in [6, 6.07) is 25.4. The number of carbonyl (C=O) groups is 4. The first kappa shape index (κ1) is 53.4. The van der Waals surface area contributed by atoms with Gasteiger partial charge < -0.3 is 34.6 Å². The fourth-order valence-electron chi connectivity index (χ4n) is 9.19. The van der Waals surface area contributed by atoms with Crippen LogP contribution in [-0.2, 0) is 16.1 Å². The molecule has 0 aliphatic carbocycles. The van der Waals surface area contributed by atoms with Gasteiger partial charge >= 0.3 is 0 Å². The number of hydrogen-bond acceptors (Lipinski definition) is 17. The molecule has 11 rings (SSSR count). The van der Waals surface area contributed by atoms with Gasteiger partial charge in [0.25, 0.3) is 11.8 Å². The highest BCUT2D eigenvalue weighted by Crippen LogP contribution is 2.37. The molecule has 2 aliphatic heterocycles. The highest BCUT2D eigenvalue weighted by molar-refractivity contribution is 7.16. The standard InChI is InChI=1S/C32H33N7O4S.C24H25N7O3S/c1-4-27(40)38-16-14-23(19-38)35-29-28-26(13-15-33-30(28)39(37-29)18-21-5-9-24(42-3)10-6-21)43-25-11-7-22(8-12-25)31(41)36-32-34-17-20(2)44-32;1-3-19(32)31-11-9-16(13-31)27-22-20-18(8-10-25-21(20)29-30-22)34-17-6-4-15(5-7-17)23(33)28-24-26-12-14(2)35-24/h5-13,15,17,23H,4,14,16,18-19H2,1-3H3,(H,35,37)(H,34,36,41);4-8,10,12,16H,3,9,11,13H2,1-2H3,(H,26,28,33)(H2,25,27,29,30)/t23-;16-/m11/s1. The van der Waals surface area contributed by atoms with Gasteiger partial charge in [-0.1, -0.05) is 26.0 Å². The lowest BCUT2D eigenvalue weighted by atomic mass is 10.2. The van der Waals surface area contributed by atoms with Crippen LogP contribution in [0.3, 0.4) is 0 Å². The van der Waals surface area contributed by atoms with Crippen molar-refractivity contribution in [2.45, 2.75) is 72.0 Å². The van der Waals surface area contributed by atoms with Gasteiger partial charge in [-0.05, 0) is 92.9 Å². The predicted octanol–water partition coefficient (Wildman–Crippen LogP) is 9.91. The van der Waals surface area contributed by atoms with Crippen LogP contribution in [0.15, 0.2) is 110 Å². The van der Waals surface area contributed by atoms with Gasteiger partial charge in [0.15, 0.2) is 33.2 Å². The number of aromatic nitrogens is 8. The number of hydrogen-bond donors (Lipinski definition) is 5. The van der Waals surface area contributed by atoms with Crippen molar-refractivity contribution in [3.8, 4) is 28.7 Å². The molecular weight excluding hydrogens is 1040 g/mol. The minimum absolute atomic E-state index is 0.0468. The second-order valence-electron chi connectivity index (χ2n) is 18.8. The number of ether oxygens (including phenoxy) is 3. The normalized spacial score (nSPS) is 14.9. The molecule has 0 bridgehead atoms. The Morgan fingerprint density at radius 3 is 1.65 bits per heavy atom. The van der Waals surface area contributed by atoms with E-state index in [4.69, 9.17) is 19.3 Å². The van der Waals surface area contributed by atoms with Crippen LogP contribution in [0.2, 0.25) is 0 Å². The molecule has 2 saturated heterocycles. The van der Waals surface area contributed by atoms with E-state index in [2.05, 4.69) is 51.4 Å². The largest absolute Gasteiger partial charge is 0.497 e. The number of aryl methyl sites for hydroxylation is 2. The maximum atomic E-state index is 12.7. The number of nitrogens with zero attached hydrogens (tertiary/aromatic N) is 9. The van der Waals surface area contributed by atoms with Crippen molar-refractivity contribution >= 4 is 90.3 Å². The van der Waals surface area contributed by atoms with Gasteiger partial charge in [0.1, 0.15) is 39.5 Å². The van der Waals surface area contributed by atoms with Crippen LogP contribution in [0.1, 0.15) is 75.6 Å². The fourth-order valence-corrected chi connectivity index (χ4v) is 10.5. The van der Waals surface area contributed by atoms with Gasteiger partial charge in [0.2, 0.25) is 11.8 Å². The van der Waals surface area contributed by atoms with E-state index >= 15 is 0 Å². The van der Waals surface area contributed by atoms with Gasteiger partial charge in [-0.25, -0.2) is 24.6 Å². The number of benzene rings is 3. The van der Waals surface area contributed by atoms with Crippen LogP contribution in [0, 0.1) is 13.8 Å². The van der Waals surface area contributed by atoms with Crippen LogP contribution in [0.4, 0.5) is 21.9 Å². The number of amides is 4. The zero-order valence-electron chi connectivity index (χ0n) is 44.1. The summed E-state index contributed by atoms with van der Waals surface area (Å²) in [5.74, 6) is 4.19. The van der Waals surface area contributed by atoms with E-state index < -0.39 is 0 Å². The number of rotatable bonds is 17. The monoisotopic (exact) mass is 1100 g/mol. The number of likely N-dealkylation sites (tertiary alicyclic amines) is 2. The number of aromatic amines is 1. The van der Waals surface area contributed by atoms with Crippen molar-refractivity contribution in [2.75, 3.05) is 54.6 Å². The molecule has 5 N–H and O–H groups in total. The summed E-state index contributed by atoms with van der Waals surface area (Å²) < 4.78 is 19.7. The molecule has 3 aromatic carbocycles. The molecule has 4 amide bonds. The van der Waals surface area contributed by atoms with Gasteiger partial charge in [-0.15, -0.1) is 22.7 Å². The number of H-pyrrole nitrogens is 1. The SMILES string of the molecule is CCC(=O)N1CC[C@@H](Nc2n[nH]c3nccc(Oc4ccc(C(=O)Nc5ncc(C)s5)cc4)c23)C1.CCC(=O)N1CC[C@@H](Nc2nn(Cc3ccc(OC)cc3)c3nccc(Oc4ccc(C(=O)Nc5ncc(C)s5)cc4)c23)C1. The Kier molecular flexibility index (Phi) is 16.3. The molecule has 21 nitrogen and oxygen atoms in total. The Morgan fingerprint density at radius 1 is 0.633 bits per heavy atom. The maximum Gasteiger partial charge on any atom is 0.257 e. The quantitative estimate of drug-likeness (QED) is 0.0569. The van der Waals surface area contributed by atoms with E-state index in [1.807, 2.05) is 66.4 Å². The highest BCUT2D eigenvalue weighted by atomic mass is 32.1. The lowest BCUT2D eigenvalue weighted by molar-refractivity contribution is -0.130. The molecule has 0 spiro atoms. The Balaban J connectivity index is 0.000000183. The number of nitrogens with one attached hydrogen (secondary N) is 5. The summed E-state index contributed by atoms with van der Waals surface area (Å²) in [5.41, 5.74) is 3.29. The van der Waals surface area contributed by atoms with Crippen molar-refractivity contribution in [1.82, 2.24) is 49.7 Å². The predicted molar refractivity (Wildman–Crippen MR) is 304 cm³/mol. The molecule has 406 valence electrons. The number of methoxy groups -OCH3 is 1. The van der Waals surface area contributed by atoms with Crippen molar-refractivity contribution in [3.63, 3.8) is 0 Å². The minimum Gasteiger partial charge on any atom is -0.497 e. The van der Waals surface area contributed by atoms with Crippen LogP contribution in [0.25, 0.3) is 22.1 Å². The molecule has 0 radical (unpaired) electrons. The first-order valence-corrected chi connectivity index (χ1v) is 27.5. The van der Waals surface area contributed by atoms with E-state index in [0.29, 0.717) is 106 Å². The van der Waals surface area contributed by atoms with E-state index in [1.54, 1.807) is 92.6 Å². The van der Waals surface area contributed by atoms with Crippen LogP contribution in [0.5, 0.6) is 28.7 Å². The van der Waals surface area contributed by atoms with Crippen molar-refractivity contribution < 1.29 is 33.4 Å². The van der Waals surface area contributed by atoms with E-state index in [0.717, 1.165) is 51.2 Å². The number of fused-ring (bicyclic) bond motifs is 2. The zero-order chi connectivity index (χ0) is 55.0. The molecule has 79 heavy (non-hydrogen) atoms. The van der Waals surface area contributed by atoms with Crippen molar-refractivity contribution in [3.05, 3.63) is 136 Å². The van der Waals surface area contributed by atoms with Crippen LogP contribution in [-0.4, -0.2) is 119 Å². The third-order valence-electron chi connectivity index (χ3n) is 13.2. The summed E-state index contributed by atoms with van der Waals surface area (Å²) in [7, 11) is 1.64. The second kappa shape index (κ2) is 24.2. The van der Waals surface area contributed by atoms with Crippen LogP contribution < -0.4 is 35.5 Å². The summed E-state index contributed by atoms with van der Waals surface area (Å²) in [6.45, 7) is 10.8. The smallest absolute Gasteiger partial charge is 0.257 e. The molecule has 0 saturated carbocycles. The minimum atomic E-state index is -0.240. The molecule has 23 heteroatoms. The molecule has 0 unspecified atom stereocenters. The summed E-state index contributed by atoms with van der Waals surface area (Å²) in [5, 5.41) is 27.5. The maximum absolute atomic E-state index is 12.7. The van der Waals surface area contributed by atoms with Crippen molar-refractivity contribution in [1.29, 1.82) is 0 Å². The Bertz CT molecular complexity index is 3620. The van der Waals surface area contributed by atoms with Crippen molar-refractivity contribution in [2.24, 2.45) is 0 Å². The van der Waals surface area contributed by atoms with E-state index in [1.165, 1.54) is 22.7 Å².